The Kier molecular flexibility index (Phi) is 2.90. The summed E-state index contributed by atoms with van der Waals surface area (Å²) in [6.07, 6.45) is 0.706. The van der Waals surface area contributed by atoms with Crippen molar-refractivity contribution in [3.05, 3.63) is 29.8 Å². The molecule has 0 radical (unpaired) electrons. The van der Waals surface area contributed by atoms with Gasteiger partial charge in [-0.05, 0) is 31.0 Å². The van der Waals surface area contributed by atoms with Gasteiger partial charge in [0.15, 0.2) is 0 Å². The fourth-order valence-electron chi connectivity index (χ4n) is 1.87. The van der Waals surface area contributed by atoms with Gasteiger partial charge in [-0.15, -0.1) is 0 Å². The van der Waals surface area contributed by atoms with E-state index in [-0.39, 0.29) is 11.8 Å². The first kappa shape index (κ1) is 11.4. The van der Waals surface area contributed by atoms with Crippen LogP contribution in [0, 0.1) is 0 Å². The molecule has 1 aromatic rings. The second-order valence-electron chi connectivity index (χ2n) is 4.12. The molecule has 0 spiro atoms. The summed E-state index contributed by atoms with van der Waals surface area (Å²) < 4.78 is 24.8. The number of hydrogen-bond donors (Lipinski definition) is 1. The first-order valence-corrected chi connectivity index (χ1v) is 6.97. The minimum absolute atomic E-state index is 0.0239. The van der Waals surface area contributed by atoms with Gasteiger partial charge < -0.3 is 5.73 Å². The lowest BCUT2D eigenvalue weighted by atomic mass is 10.1. The van der Waals surface area contributed by atoms with Gasteiger partial charge in [-0.1, -0.05) is 12.1 Å². The average Bonchev–Trinajstić information content (AvgIpc) is 2.58. The SMILES string of the molecule is CC(N)c1ccc(N2CCCS2(=O)=O)cc1. The van der Waals surface area contributed by atoms with Crippen molar-refractivity contribution in [3.8, 4) is 0 Å². The Labute approximate surface area is 96.1 Å². The number of nitrogens with two attached hydrogens (primary N) is 1. The van der Waals surface area contributed by atoms with E-state index in [1.807, 2.05) is 31.2 Å². The minimum atomic E-state index is -3.07. The molecule has 1 fully saturated rings. The first-order valence-electron chi connectivity index (χ1n) is 5.37. The fourth-order valence-corrected chi connectivity index (χ4v) is 3.44. The molecule has 1 aliphatic rings. The molecule has 5 heteroatoms. The first-order chi connectivity index (χ1) is 7.50. The van der Waals surface area contributed by atoms with Gasteiger partial charge >= 0.3 is 0 Å². The van der Waals surface area contributed by atoms with Crippen LogP contribution in [0.5, 0.6) is 0 Å². The highest BCUT2D eigenvalue weighted by atomic mass is 32.2. The molecule has 0 bridgehead atoms. The van der Waals surface area contributed by atoms with Crippen molar-refractivity contribution in [3.63, 3.8) is 0 Å². The van der Waals surface area contributed by atoms with Gasteiger partial charge in [-0.25, -0.2) is 8.42 Å². The summed E-state index contributed by atoms with van der Waals surface area (Å²) in [6.45, 7) is 2.49. The normalized spacial score (nSPS) is 21.0. The molecule has 88 valence electrons. The van der Waals surface area contributed by atoms with Crippen LogP contribution in [0.3, 0.4) is 0 Å². The van der Waals surface area contributed by atoms with Crippen LogP contribution in [0.2, 0.25) is 0 Å². The third-order valence-electron chi connectivity index (χ3n) is 2.81. The second kappa shape index (κ2) is 4.07. The van der Waals surface area contributed by atoms with Crippen molar-refractivity contribution in [2.75, 3.05) is 16.6 Å². The standard InChI is InChI=1S/C11H16N2O2S/c1-9(12)10-3-5-11(6-4-10)13-7-2-8-16(13,14)15/h3-6,9H,2,7-8,12H2,1H3. The Morgan fingerprint density at radius 2 is 1.94 bits per heavy atom. The maximum Gasteiger partial charge on any atom is 0.235 e. The van der Waals surface area contributed by atoms with E-state index < -0.39 is 10.0 Å². The highest BCUT2D eigenvalue weighted by molar-refractivity contribution is 7.93. The molecule has 1 heterocycles. The summed E-state index contributed by atoms with van der Waals surface area (Å²) in [6, 6.07) is 7.38. The van der Waals surface area contributed by atoms with Crippen LogP contribution in [0.4, 0.5) is 5.69 Å². The Balaban J connectivity index is 2.29. The maximum atomic E-state index is 11.7. The minimum Gasteiger partial charge on any atom is -0.324 e. The van der Waals surface area contributed by atoms with E-state index in [4.69, 9.17) is 5.73 Å². The average molecular weight is 240 g/mol. The third kappa shape index (κ3) is 2.05. The van der Waals surface area contributed by atoms with Gasteiger partial charge in [-0.2, -0.15) is 0 Å². The molecule has 1 saturated heterocycles. The monoisotopic (exact) mass is 240 g/mol. The summed E-state index contributed by atoms with van der Waals surface area (Å²) in [7, 11) is -3.07. The van der Waals surface area contributed by atoms with Crippen molar-refractivity contribution in [2.45, 2.75) is 19.4 Å². The Morgan fingerprint density at radius 1 is 1.31 bits per heavy atom. The van der Waals surface area contributed by atoms with Crippen LogP contribution in [0.1, 0.15) is 24.9 Å². The summed E-state index contributed by atoms with van der Waals surface area (Å²) in [4.78, 5) is 0. The zero-order valence-corrected chi connectivity index (χ0v) is 10.1. The number of nitrogens with zero attached hydrogens (tertiary/aromatic N) is 1. The lowest BCUT2D eigenvalue weighted by molar-refractivity contribution is 0.599. The van der Waals surface area contributed by atoms with Gasteiger partial charge in [0.05, 0.1) is 11.4 Å². The quantitative estimate of drug-likeness (QED) is 0.846. The largest absolute Gasteiger partial charge is 0.324 e. The van der Waals surface area contributed by atoms with E-state index in [0.717, 1.165) is 11.3 Å². The van der Waals surface area contributed by atoms with Crippen molar-refractivity contribution in [1.82, 2.24) is 0 Å². The van der Waals surface area contributed by atoms with E-state index in [0.29, 0.717) is 13.0 Å². The van der Waals surface area contributed by atoms with Crippen molar-refractivity contribution < 1.29 is 8.42 Å². The van der Waals surface area contributed by atoms with Gasteiger partial charge in [0.25, 0.3) is 0 Å². The predicted octanol–water partition coefficient (Wildman–Crippen LogP) is 1.25. The Bertz CT molecular complexity index is 465. The molecular formula is C11H16N2O2S. The van der Waals surface area contributed by atoms with Crippen LogP contribution < -0.4 is 10.0 Å². The van der Waals surface area contributed by atoms with Crippen molar-refractivity contribution >= 4 is 15.7 Å². The van der Waals surface area contributed by atoms with E-state index in [1.165, 1.54) is 4.31 Å². The van der Waals surface area contributed by atoms with Crippen LogP contribution >= 0.6 is 0 Å². The number of rotatable bonds is 2. The molecule has 0 aliphatic carbocycles. The van der Waals surface area contributed by atoms with Gasteiger partial charge in [-0.3, -0.25) is 4.31 Å². The zero-order chi connectivity index (χ0) is 11.8. The summed E-state index contributed by atoms with van der Waals surface area (Å²) in [5.74, 6) is 0.252. The highest BCUT2D eigenvalue weighted by Gasteiger charge is 2.28. The van der Waals surface area contributed by atoms with E-state index in [1.54, 1.807) is 0 Å². The molecule has 2 rings (SSSR count). The molecule has 1 aromatic carbocycles. The summed E-state index contributed by atoms with van der Waals surface area (Å²) >= 11 is 0. The topological polar surface area (TPSA) is 63.4 Å². The molecule has 0 aromatic heterocycles. The lowest BCUT2D eigenvalue weighted by Gasteiger charge is -2.17. The van der Waals surface area contributed by atoms with Crippen molar-refractivity contribution in [2.24, 2.45) is 5.73 Å². The van der Waals surface area contributed by atoms with Gasteiger partial charge in [0, 0.05) is 12.6 Å². The van der Waals surface area contributed by atoms with Crippen LogP contribution in [-0.4, -0.2) is 20.7 Å². The maximum absolute atomic E-state index is 11.7. The smallest absolute Gasteiger partial charge is 0.235 e. The molecule has 1 aliphatic heterocycles. The van der Waals surface area contributed by atoms with Gasteiger partial charge in [0.2, 0.25) is 10.0 Å². The van der Waals surface area contributed by atoms with E-state index >= 15 is 0 Å². The Morgan fingerprint density at radius 3 is 2.38 bits per heavy atom. The molecule has 1 atom stereocenters. The number of benzene rings is 1. The Hall–Kier alpha value is -1.07. The number of hydrogen-bond acceptors (Lipinski definition) is 3. The molecule has 0 saturated carbocycles. The number of sulfonamides is 1. The van der Waals surface area contributed by atoms with Crippen LogP contribution in [0.15, 0.2) is 24.3 Å². The molecule has 2 N–H and O–H groups in total. The molecule has 16 heavy (non-hydrogen) atoms. The van der Waals surface area contributed by atoms with Crippen LogP contribution in [0.25, 0.3) is 0 Å². The number of anilines is 1. The lowest BCUT2D eigenvalue weighted by Crippen LogP contribution is -2.25. The fraction of sp³-hybridized carbons (Fsp3) is 0.455. The second-order valence-corrected chi connectivity index (χ2v) is 6.13. The molecule has 4 nitrogen and oxygen atoms in total. The summed E-state index contributed by atoms with van der Waals surface area (Å²) in [5, 5.41) is 0. The zero-order valence-electron chi connectivity index (χ0n) is 9.26. The molecule has 0 amide bonds. The predicted molar refractivity (Wildman–Crippen MR) is 64.8 cm³/mol. The highest BCUT2D eigenvalue weighted by Crippen LogP contribution is 2.25. The van der Waals surface area contributed by atoms with Crippen LogP contribution in [-0.2, 0) is 10.0 Å². The van der Waals surface area contributed by atoms with E-state index in [2.05, 4.69) is 0 Å². The summed E-state index contributed by atoms with van der Waals surface area (Å²) in [5.41, 5.74) is 7.49. The molecular weight excluding hydrogens is 224 g/mol. The van der Waals surface area contributed by atoms with Gasteiger partial charge in [0.1, 0.15) is 0 Å². The van der Waals surface area contributed by atoms with E-state index in [9.17, 15) is 8.42 Å². The third-order valence-corrected chi connectivity index (χ3v) is 4.68. The van der Waals surface area contributed by atoms with Crippen molar-refractivity contribution in [1.29, 1.82) is 0 Å². The molecule has 1 unspecified atom stereocenters.